The van der Waals surface area contributed by atoms with Gasteiger partial charge in [-0.05, 0) is 31.4 Å². The van der Waals surface area contributed by atoms with Gasteiger partial charge in [0.15, 0.2) is 10.8 Å². The maximum Gasteiger partial charge on any atom is 0.260 e. The average Bonchev–Trinajstić information content (AvgIpc) is 2.78. The summed E-state index contributed by atoms with van der Waals surface area (Å²) >= 11 is 0. The topological polar surface area (TPSA) is 122 Å². The molecule has 9 heteroatoms. The summed E-state index contributed by atoms with van der Waals surface area (Å²) < 4.78 is 26.3. The van der Waals surface area contributed by atoms with Gasteiger partial charge in [-0.3, -0.25) is 9.59 Å². The van der Waals surface area contributed by atoms with E-state index in [-0.39, 0.29) is 29.8 Å². The number of sulfonamides is 1. The fraction of sp³-hybridized carbons (Fsp3) is 0.562. The van der Waals surface area contributed by atoms with Crippen molar-refractivity contribution in [2.75, 3.05) is 13.1 Å². The molecule has 3 N–H and O–H groups in total. The molecule has 1 aromatic heterocycles. The van der Waals surface area contributed by atoms with E-state index in [1.165, 1.54) is 12.3 Å². The number of hydrogen-bond acceptors (Lipinski definition) is 6. The summed E-state index contributed by atoms with van der Waals surface area (Å²) in [5.41, 5.74) is 5.76. The molecule has 138 valence electrons. The van der Waals surface area contributed by atoms with Crippen LogP contribution in [0.2, 0.25) is 0 Å². The minimum Gasteiger partial charge on any atom is -0.345 e. The van der Waals surface area contributed by atoms with Gasteiger partial charge in [-0.15, -0.1) is 0 Å². The minimum atomic E-state index is -3.83. The zero-order valence-corrected chi connectivity index (χ0v) is 15.0. The first-order valence-corrected chi connectivity index (χ1v) is 9.80. The van der Waals surface area contributed by atoms with Gasteiger partial charge < -0.3 is 11.1 Å². The van der Waals surface area contributed by atoms with Gasteiger partial charge in [-0.1, -0.05) is 19.4 Å². The zero-order chi connectivity index (χ0) is 18.4. The molecule has 0 saturated carbocycles. The van der Waals surface area contributed by atoms with Crippen molar-refractivity contribution in [2.24, 2.45) is 5.73 Å². The number of rotatable bonds is 6. The summed E-state index contributed by atoms with van der Waals surface area (Å²) in [5.74, 6) is -0.713. The Balaban J connectivity index is 2.07. The number of Topliss-reactive ketones (excluding diaryl/α,β-unsaturated/α-hetero) is 1. The van der Waals surface area contributed by atoms with Crippen molar-refractivity contribution < 1.29 is 18.0 Å². The van der Waals surface area contributed by atoms with Gasteiger partial charge in [-0.2, -0.15) is 4.31 Å². The van der Waals surface area contributed by atoms with Crippen molar-refractivity contribution in [3.63, 3.8) is 0 Å². The summed E-state index contributed by atoms with van der Waals surface area (Å²) in [4.78, 5) is 28.3. The minimum absolute atomic E-state index is 0.0877. The van der Waals surface area contributed by atoms with Crippen LogP contribution in [-0.4, -0.2) is 54.6 Å². The Bertz CT molecular complexity index is 708. The van der Waals surface area contributed by atoms with Crippen molar-refractivity contribution in [2.45, 2.75) is 49.7 Å². The number of nitrogens with two attached hydrogens (primary N) is 1. The first kappa shape index (κ1) is 19.5. The standard InChI is InChI=1S/C16H24N4O4S/c1-2-6-12(17)16(22)19-13-7-5-10-20(11-14(13)21)25(23,24)15-8-3-4-9-18-15/h3-4,8-9,12-13H,2,5-7,10-11,17H2,1H3,(H,19,22)/t12-,13?/m0/s1. The summed E-state index contributed by atoms with van der Waals surface area (Å²) in [6.45, 7) is 1.84. The van der Waals surface area contributed by atoms with Gasteiger partial charge in [-0.25, -0.2) is 13.4 Å². The van der Waals surface area contributed by atoms with Crippen LogP contribution >= 0.6 is 0 Å². The molecular weight excluding hydrogens is 344 g/mol. The molecule has 8 nitrogen and oxygen atoms in total. The van der Waals surface area contributed by atoms with E-state index in [1.54, 1.807) is 12.1 Å². The molecule has 1 unspecified atom stereocenters. The fourth-order valence-corrected chi connectivity index (χ4v) is 4.08. The molecule has 0 aromatic carbocycles. The second kappa shape index (κ2) is 8.50. The van der Waals surface area contributed by atoms with Gasteiger partial charge in [0.1, 0.15) is 0 Å². The van der Waals surface area contributed by atoms with E-state index in [0.717, 1.165) is 10.7 Å². The Morgan fingerprint density at radius 3 is 2.88 bits per heavy atom. The molecule has 1 aromatic rings. The molecule has 1 aliphatic rings. The van der Waals surface area contributed by atoms with Crippen LogP contribution in [0.3, 0.4) is 0 Å². The SMILES string of the molecule is CCC[C@H](N)C(=O)NC1CCCN(S(=O)(=O)c2ccccn2)CC1=O. The van der Waals surface area contributed by atoms with Crippen LogP contribution in [0.4, 0.5) is 0 Å². The van der Waals surface area contributed by atoms with Crippen LogP contribution in [0.1, 0.15) is 32.6 Å². The molecular formula is C16H24N4O4S. The molecule has 1 amide bonds. The Kier molecular flexibility index (Phi) is 6.63. The summed E-state index contributed by atoms with van der Waals surface area (Å²) in [7, 11) is -3.83. The average molecular weight is 368 g/mol. The first-order valence-electron chi connectivity index (χ1n) is 8.36. The van der Waals surface area contributed by atoms with E-state index in [9.17, 15) is 18.0 Å². The van der Waals surface area contributed by atoms with E-state index >= 15 is 0 Å². The molecule has 0 radical (unpaired) electrons. The summed E-state index contributed by atoms with van der Waals surface area (Å²) in [6.07, 6.45) is 3.55. The van der Waals surface area contributed by atoms with Crippen molar-refractivity contribution >= 4 is 21.7 Å². The molecule has 1 aliphatic heterocycles. The third kappa shape index (κ3) is 4.83. The smallest absolute Gasteiger partial charge is 0.260 e. The number of aromatic nitrogens is 1. The Labute approximate surface area is 147 Å². The number of pyridine rings is 1. The quantitative estimate of drug-likeness (QED) is 0.731. The molecule has 1 fully saturated rings. The molecule has 2 atom stereocenters. The van der Waals surface area contributed by atoms with Crippen molar-refractivity contribution in [3.05, 3.63) is 24.4 Å². The lowest BCUT2D eigenvalue weighted by Crippen LogP contribution is -2.49. The second-order valence-corrected chi connectivity index (χ2v) is 7.96. The lowest BCUT2D eigenvalue weighted by Gasteiger charge is -2.20. The molecule has 2 rings (SSSR count). The highest BCUT2D eigenvalue weighted by atomic mass is 32.2. The van der Waals surface area contributed by atoms with Gasteiger partial charge in [0.25, 0.3) is 10.0 Å². The van der Waals surface area contributed by atoms with Crippen LogP contribution in [0.5, 0.6) is 0 Å². The lowest BCUT2D eigenvalue weighted by atomic mass is 10.1. The fourth-order valence-electron chi connectivity index (χ4n) is 2.71. The summed E-state index contributed by atoms with van der Waals surface area (Å²) in [6, 6.07) is 3.23. The van der Waals surface area contributed by atoms with E-state index in [1.807, 2.05) is 6.92 Å². The third-order valence-corrected chi connectivity index (χ3v) is 5.88. The first-order chi connectivity index (χ1) is 11.9. The molecule has 0 aliphatic carbocycles. The molecule has 2 heterocycles. The highest BCUT2D eigenvalue weighted by Gasteiger charge is 2.33. The van der Waals surface area contributed by atoms with Crippen molar-refractivity contribution in [3.8, 4) is 0 Å². The van der Waals surface area contributed by atoms with Crippen LogP contribution in [0, 0.1) is 0 Å². The molecule has 25 heavy (non-hydrogen) atoms. The third-order valence-electron chi connectivity index (χ3n) is 4.12. The van der Waals surface area contributed by atoms with Crippen LogP contribution in [-0.2, 0) is 19.6 Å². The van der Waals surface area contributed by atoms with E-state index in [2.05, 4.69) is 10.3 Å². The predicted octanol–water partition coefficient (Wildman–Crippen LogP) is 0.0474. The van der Waals surface area contributed by atoms with Gasteiger partial charge in [0.2, 0.25) is 5.91 Å². The maximum atomic E-state index is 12.6. The Hall–Kier alpha value is -1.84. The van der Waals surface area contributed by atoms with Crippen LogP contribution in [0.15, 0.2) is 29.4 Å². The van der Waals surface area contributed by atoms with Crippen LogP contribution in [0.25, 0.3) is 0 Å². The molecule has 0 spiro atoms. The largest absolute Gasteiger partial charge is 0.345 e. The zero-order valence-electron chi connectivity index (χ0n) is 14.2. The number of amides is 1. The van der Waals surface area contributed by atoms with Crippen molar-refractivity contribution in [1.29, 1.82) is 0 Å². The summed E-state index contributed by atoms with van der Waals surface area (Å²) in [5, 5.41) is 2.57. The predicted molar refractivity (Wildman–Crippen MR) is 92.1 cm³/mol. The number of carbonyl (C=O) groups is 2. The Morgan fingerprint density at radius 1 is 1.48 bits per heavy atom. The van der Waals surface area contributed by atoms with E-state index in [0.29, 0.717) is 19.3 Å². The lowest BCUT2D eigenvalue weighted by molar-refractivity contribution is -0.128. The molecule has 1 saturated heterocycles. The maximum absolute atomic E-state index is 12.6. The van der Waals surface area contributed by atoms with Gasteiger partial charge in [0, 0.05) is 12.7 Å². The number of nitrogens with one attached hydrogen (secondary N) is 1. The second-order valence-electron chi connectivity index (χ2n) is 6.07. The van der Waals surface area contributed by atoms with Gasteiger partial charge >= 0.3 is 0 Å². The number of hydrogen-bond donors (Lipinski definition) is 2. The van der Waals surface area contributed by atoms with Gasteiger partial charge in [0.05, 0.1) is 18.6 Å². The van der Waals surface area contributed by atoms with Crippen LogP contribution < -0.4 is 11.1 Å². The molecule has 0 bridgehead atoms. The number of ketones is 1. The van der Waals surface area contributed by atoms with E-state index in [4.69, 9.17) is 5.73 Å². The number of carbonyl (C=O) groups excluding carboxylic acids is 2. The van der Waals surface area contributed by atoms with E-state index < -0.39 is 22.1 Å². The highest BCUT2D eigenvalue weighted by Crippen LogP contribution is 2.17. The monoisotopic (exact) mass is 368 g/mol. The number of nitrogens with zero attached hydrogens (tertiary/aromatic N) is 2. The highest BCUT2D eigenvalue weighted by molar-refractivity contribution is 7.89. The Morgan fingerprint density at radius 2 is 2.24 bits per heavy atom. The van der Waals surface area contributed by atoms with Crippen molar-refractivity contribution in [1.82, 2.24) is 14.6 Å². The normalized spacial score (nSPS) is 20.7.